The van der Waals surface area contributed by atoms with E-state index in [0.717, 1.165) is 12.5 Å². The summed E-state index contributed by atoms with van der Waals surface area (Å²) in [4.78, 5) is 11.9. The Morgan fingerprint density at radius 3 is 2.82 bits per heavy atom. The molecular weight excluding hydrogens is 212 g/mol. The van der Waals surface area contributed by atoms with Gasteiger partial charge in [-0.3, -0.25) is 4.79 Å². The first kappa shape index (κ1) is 12.0. The van der Waals surface area contributed by atoms with Crippen molar-refractivity contribution in [3.63, 3.8) is 0 Å². The molecule has 0 radical (unpaired) electrons. The molecule has 2 unspecified atom stereocenters. The molecule has 3 N–H and O–H groups in total. The van der Waals surface area contributed by atoms with Crippen molar-refractivity contribution in [3.8, 4) is 0 Å². The predicted octanol–water partition coefficient (Wildman–Crippen LogP) is 2.43. The molecule has 1 amide bonds. The van der Waals surface area contributed by atoms with Gasteiger partial charge in [0, 0.05) is 12.2 Å². The van der Waals surface area contributed by atoms with Crippen LogP contribution in [0.2, 0.25) is 0 Å². The van der Waals surface area contributed by atoms with Crippen molar-refractivity contribution in [2.75, 3.05) is 12.3 Å². The van der Waals surface area contributed by atoms with E-state index in [9.17, 15) is 4.79 Å². The summed E-state index contributed by atoms with van der Waals surface area (Å²) in [5.41, 5.74) is 6.90. The van der Waals surface area contributed by atoms with Gasteiger partial charge in [-0.15, -0.1) is 0 Å². The van der Waals surface area contributed by atoms with E-state index in [1.54, 1.807) is 12.1 Å². The highest BCUT2D eigenvalue weighted by Crippen LogP contribution is 2.30. The van der Waals surface area contributed by atoms with Gasteiger partial charge in [-0.05, 0) is 30.4 Å². The minimum absolute atomic E-state index is 0.0535. The Hall–Kier alpha value is -1.51. The van der Waals surface area contributed by atoms with Crippen LogP contribution < -0.4 is 11.1 Å². The lowest BCUT2D eigenvalue weighted by Crippen LogP contribution is -2.30. The topological polar surface area (TPSA) is 55.1 Å². The van der Waals surface area contributed by atoms with Crippen molar-refractivity contribution < 1.29 is 4.79 Å². The fourth-order valence-electron chi connectivity index (χ4n) is 2.55. The largest absolute Gasteiger partial charge is 0.398 e. The minimum atomic E-state index is -0.0535. The van der Waals surface area contributed by atoms with E-state index in [2.05, 4.69) is 12.2 Å². The molecule has 1 saturated carbocycles. The number of carbonyl (C=O) groups excluding carboxylic acids is 1. The van der Waals surface area contributed by atoms with Crippen LogP contribution in [0.1, 0.15) is 36.5 Å². The van der Waals surface area contributed by atoms with Gasteiger partial charge < -0.3 is 11.1 Å². The van der Waals surface area contributed by atoms with E-state index in [-0.39, 0.29) is 5.91 Å². The van der Waals surface area contributed by atoms with Gasteiger partial charge in [0.15, 0.2) is 0 Å². The number of nitrogen functional groups attached to an aromatic ring is 1. The first-order valence-corrected chi connectivity index (χ1v) is 6.31. The SMILES string of the molecule is CC1CCCC1CNC(=O)c1ccccc1N. The lowest BCUT2D eigenvalue weighted by molar-refractivity contribution is 0.0945. The fraction of sp³-hybridized carbons (Fsp3) is 0.500. The summed E-state index contributed by atoms with van der Waals surface area (Å²) in [6, 6.07) is 7.20. The third kappa shape index (κ3) is 2.78. The van der Waals surface area contributed by atoms with Crippen LogP contribution in [0.3, 0.4) is 0 Å². The third-order valence-corrected chi connectivity index (χ3v) is 3.77. The maximum Gasteiger partial charge on any atom is 0.253 e. The van der Waals surface area contributed by atoms with E-state index in [1.807, 2.05) is 12.1 Å². The molecule has 0 heterocycles. The van der Waals surface area contributed by atoms with Crippen LogP contribution in [0.15, 0.2) is 24.3 Å². The number of anilines is 1. The standard InChI is InChI=1S/C14H20N2O/c1-10-5-4-6-11(10)9-16-14(17)12-7-2-3-8-13(12)15/h2-3,7-8,10-11H,4-6,9,15H2,1H3,(H,16,17). The highest BCUT2D eigenvalue weighted by molar-refractivity contribution is 5.99. The smallest absolute Gasteiger partial charge is 0.253 e. The lowest BCUT2D eigenvalue weighted by atomic mass is 9.98. The second-order valence-electron chi connectivity index (χ2n) is 4.97. The fourth-order valence-corrected chi connectivity index (χ4v) is 2.55. The minimum Gasteiger partial charge on any atom is -0.398 e. The van der Waals surface area contributed by atoms with Crippen LogP contribution in [-0.4, -0.2) is 12.5 Å². The predicted molar refractivity (Wildman–Crippen MR) is 69.7 cm³/mol. The molecule has 0 aromatic heterocycles. The van der Waals surface area contributed by atoms with Crippen LogP contribution in [0.4, 0.5) is 5.69 Å². The van der Waals surface area contributed by atoms with Crippen LogP contribution in [0.5, 0.6) is 0 Å². The maximum atomic E-state index is 11.9. The number of hydrogen-bond acceptors (Lipinski definition) is 2. The molecule has 3 nitrogen and oxygen atoms in total. The van der Waals surface area contributed by atoms with E-state index in [0.29, 0.717) is 17.2 Å². The van der Waals surface area contributed by atoms with Gasteiger partial charge in [-0.1, -0.05) is 31.9 Å². The second-order valence-corrected chi connectivity index (χ2v) is 4.97. The molecule has 1 aromatic rings. The molecule has 1 fully saturated rings. The van der Waals surface area contributed by atoms with Gasteiger partial charge in [0.05, 0.1) is 5.56 Å². The van der Waals surface area contributed by atoms with Crippen LogP contribution in [-0.2, 0) is 0 Å². The summed E-state index contributed by atoms with van der Waals surface area (Å²) in [7, 11) is 0. The van der Waals surface area contributed by atoms with E-state index in [1.165, 1.54) is 19.3 Å². The lowest BCUT2D eigenvalue weighted by Gasteiger charge is -2.16. The monoisotopic (exact) mass is 232 g/mol. The molecule has 0 bridgehead atoms. The van der Waals surface area contributed by atoms with Gasteiger partial charge in [0.25, 0.3) is 5.91 Å². The summed E-state index contributed by atoms with van der Waals surface area (Å²) >= 11 is 0. The highest BCUT2D eigenvalue weighted by atomic mass is 16.1. The van der Waals surface area contributed by atoms with Gasteiger partial charge in [-0.2, -0.15) is 0 Å². The number of benzene rings is 1. The van der Waals surface area contributed by atoms with Gasteiger partial charge in [0.1, 0.15) is 0 Å². The number of rotatable bonds is 3. The third-order valence-electron chi connectivity index (χ3n) is 3.77. The Morgan fingerprint density at radius 2 is 2.18 bits per heavy atom. The molecular formula is C14H20N2O. The molecule has 3 heteroatoms. The zero-order chi connectivity index (χ0) is 12.3. The number of nitrogens with two attached hydrogens (primary N) is 1. The van der Waals surface area contributed by atoms with Crippen molar-refractivity contribution in [2.24, 2.45) is 11.8 Å². The molecule has 0 spiro atoms. The first-order chi connectivity index (χ1) is 8.18. The first-order valence-electron chi connectivity index (χ1n) is 6.31. The maximum absolute atomic E-state index is 11.9. The number of nitrogens with one attached hydrogen (secondary N) is 1. The molecule has 2 rings (SSSR count). The second kappa shape index (κ2) is 5.21. The van der Waals surface area contributed by atoms with E-state index < -0.39 is 0 Å². The summed E-state index contributed by atoms with van der Waals surface area (Å²) in [6.45, 7) is 3.04. The Bertz CT molecular complexity index is 403. The number of hydrogen-bond donors (Lipinski definition) is 2. The number of para-hydroxylation sites is 1. The van der Waals surface area contributed by atoms with Crippen molar-refractivity contribution in [1.82, 2.24) is 5.32 Å². The van der Waals surface area contributed by atoms with Crippen molar-refractivity contribution in [3.05, 3.63) is 29.8 Å². The van der Waals surface area contributed by atoms with Crippen molar-refractivity contribution >= 4 is 11.6 Å². The van der Waals surface area contributed by atoms with Crippen molar-refractivity contribution in [2.45, 2.75) is 26.2 Å². The van der Waals surface area contributed by atoms with Crippen LogP contribution in [0.25, 0.3) is 0 Å². The number of carbonyl (C=O) groups is 1. The average Bonchev–Trinajstić information content (AvgIpc) is 2.72. The van der Waals surface area contributed by atoms with E-state index in [4.69, 9.17) is 5.73 Å². The van der Waals surface area contributed by atoms with Crippen LogP contribution >= 0.6 is 0 Å². The van der Waals surface area contributed by atoms with Gasteiger partial charge in [-0.25, -0.2) is 0 Å². The summed E-state index contributed by atoms with van der Waals surface area (Å²) < 4.78 is 0. The molecule has 17 heavy (non-hydrogen) atoms. The van der Waals surface area contributed by atoms with Crippen molar-refractivity contribution in [1.29, 1.82) is 0 Å². The zero-order valence-corrected chi connectivity index (χ0v) is 10.3. The molecule has 0 saturated heterocycles. The quantitative estimate of drug-likeness (QED) is 0.786. The van der Waals surface area contributed by atoms with E-state index >= 15 is 0 Å². The molecule has 92 valence electrons. The Balaban J connectivity index is 1.91. The molecule has 1 aromatic carbocycles. The molecule has 1 aliphatic carbocycles. The summed E-state index contributed by atoms with van der Waals surface area (Å²) in [6.07, 6.45) is 3.80. The Morgan fingerprint density at radius 1 is 1.41 bits per heavy atom. The molecule has 0 aliphatic heterocycles. The summed E-state index contributed by atoms with van der Waals surface area (Å²) in [5, 5.41) is 2.99. The van der Waals surface area contributed by atoms with Crippen LogP contribution in [0, 0.1) is 11.8 Å². The highest BCUT2D eigenvalue weighted by Gasteiger charge is 2.23. The molecule has 1 aliphatic rings. The molecule has 2 atom stereocenters. The normalized spacial score (nSPS) is 23.6. The van der Waals surface area contributed by atoms with Gasteiger partial charge in [0.2, 0.25) is 0 Å². The number of amides is 1. The zero-order valence-electron chi connectivity index (χ0n) is 10.3. The Kier molecular flexibility index (Phi) is 3.67. The Labute approximate surface area is 102 Å². The average molecular weight is 232 g/mol. The van der Waals surface area contributed by atoms with Gasteiger partial charge >= 0.3 is 0 Å². The summed E-state index contributed by atoms with van der Waals surface area (Å²) in [5.74, 6) is 1.30.